The molecule has 0 saturated heterocycles. The van der Waals surface area contributed by atoms with Gasteiger partial charge in [-0.1, -0.05) is 13.8 Å². The van der Waals surface area contributed by atoms with E-state index < -0.39 is 0 Å². The largest absolute Gasteiger partial charge is 0.369 e. The first-order valence-electron chi connectivity index (χ1n) is 6.13. The van der Waals surface area contributed by atoms with E-state index in [1.165, 1.54) is 5.56 Å². The van der Waals surface area contributed by atoms with Crippen LogP contribution in [-0.4, -0.2) is 18.1 Å². The fraction of sp³-hybridized carbons (Fsp3) is 0.615. The third kappa shape index (κ3) is 3.68. The van der Waals surface area contributed by atoms with Gasteiger partial charge in [-0.25, -0.2) is 4.98 Å². The molecule has 0 saturated carbocycles. The van der Waals surface area contributed by atoms with E-state index >= 15 is 0 Å². The van der Waals surface area contributed by atoms with Crippen molar-refractivity contribution in [3.05, 3.63) is 22.3 Å². The Morgan fingerprint density at radius 1 is 1.41 bits per heavy atom. The van der Waals surface area contributed by atoms with E-state index in [9.17, 15) is 0 Å². The summed E-state index contributed by atoms with van der Waals surface area (Å²) >= 11 is 3.45. The average Bonchev–Trinajstić information content (AvgIpc) is 2.36. The topological polar surface area (TPSA) is 50.9 Å². The average molecular weight is 300 g/mol. The molecular weight excluding hydrogens is 278 g/mol. The number of nitrogens with zero attached hydrogens (tertiary/aromatic N) is 1. The summed E-state index contributed by atoms with van der Waals surface area (Å²) < 4.78 is 1.04. The van der Waals surface area contributed by atoms with Crippen LogP contribution < -0.4 is 11.1 Å². The van der Waals surface area contributed by atoms with Gasteiger partial charge >= 0.3 is 0 Å². The molecule has 0 fully saturated rings. The summed E-state index contributed by atoms with van der Waals surface area (Å²) in [6.07, 6.45) is 4.00. The number of pyridine rings is 1. The molecule has 0 bridgehead atoms. The van der Waals surface area contributed by atoms with Crippen molar-refractivity contribution in [2.24, 2.45) is 11.1 Å². The van der Waals surface area contributed by atoms with Gasteiger partial charge in [0.25, 0.3) is 0 Å². The van der Waals surface area contributed by atoms with Crippen LogP contribution in [0.3, 0.4) is 0 Å². The fourth-order valence-electron chi connectivity index (χ4n) is 1.77. The van der Waals surface area contributed by atoms with Crippen LogP contribution in [0.15, 0.2) is 16.7 Å². The minimum absolute atomic E-state index is 0.183. The zero-order valence-corrected chi connectivity index (χ0v) is 12.5. The number of aromatic nitrogens is 1. The highest BCUT2D eigenvalue weighted by Crippen LogP contribution is 2.25. The molecule has 0 aliphatic heterocycles. The van der Waals surface area contributed by atoms with Gasteiger partial charge in [0.1, 0.15) is 5.82 Å². The number of halogens is 1. The monoisotopic (exact) mass is 299 g/mol. The van der Waals surface area contributed by atoms with E-state index in [1.807, 2.05) is 6.20 Å². The normalized spacial score (nSPS) is 11.6. The van der Waals surface area contributed by atoms with Crippen LogP contribution in [0.25, 0.3) is 0 Å². The molecule has 1 aromatic rings. The SMILES string of the molecule is CCC(CC)(CN)CNc1cc(C)c(Br)cn1. The van der Waals surface area contributed by atoms with E-state index in [-0.39, 0.29) is 5.41 Å². The van der Waals surface area contributed by atoms with Gasteiger partial charge in [0.15, 0.2) is 0 Å². The molecule has 1 rings (SSSR count). The standard InChI is InChI=1S/C13H22BrN3/c1-4-13(5-2,8-15)9-17-12-6-10(3)11(14)7-16-12/h6-7H,4-5,8-9,15H2,1-3H3,(H,16,17). The van der Waals surface area contributed by atoms with E-state index in [1.54, 1.807) is 0 Å². The zero-order valence-electron chi connectivity index (χ0n) is 10.9. The fourth-order valence-corrected chi connectivity index (χ4v) is 1.99. The summed E-state index contributed by atoms with van der Waals surface area (Å²) in [6, 6.07) is 2.05. The summed E-state index contributed by atoms with van der Waals surface area (Å²) in [4.78, 5) is 4.35. The van der Waals surface area contributed by atoms with Crippen LogP contribution in [0.1, 0.15) is 32.3 Å². The Morgan fingerprint density at radius 3 is 2.53 bits per heavy atom. The van der Waals surface area contributed by atoms with Gasteiger partial charge in [0, 0.05) is 17.2 Å². The molecule has 0 radical (unpaired) electrons. The first-order valence-corrected chi connectivity index (χ1v) is 6.92. The van der Waals surface area contributed by atoms with Crippen molar-refractivity contribution in [3.63, 3.8) is 0 Å². The van der Waals surface area contributed by atoms with Crippen molar-refractivity contribution in [2.45, 2.75) is 33.6 Å². The lowest BCUT2D eigenvalue weighted by Gasteiger charge is -2.30. The number of anilines is 1. The zero-order chi connectivity index (χ0) is 12.9. The number of nitrogens with one attached hydrogen (secondary N) is 1. The third-order valence-electron chi connectivity index (χ3n) is 3.62. The molecule has 0 aliphatic carbocycles. The molecule has 0 aliphatic rings. The van der Waals surface area contributed by atoms with E-state index in [0.29, 0.717) is 6.54 Å². The van der Waals surface area contributed by atoms with Gasteiger partial charge in [0.05, 0.1) is 0 Å². The molecule has 0 aromatic carbocycles. The summed E-state index contributed by atoms with van der Waals surface area (Å²) in [5, 5.41) is 3.39. The molecule has 1 heterocycles. The van der Waals surface area contributed by atoms with Crippen LogP contribution in [0.4, 0.5) is 5.82 Å². The van der Waals surface area contributed by atoms with Crippen molar-refractivity contribution < 1.29 is 0 Å². The minimum atomic E-state index is 0.183. The number of rotatable bonds is 6. The molecule has 0 atom stereocenters. The number of nitrogens with two attached hydrogens (primary N) is 1. The lowest BCUT2D eigenvalue weighted by Crippen LogP contribution is -2.36. The van der Waals surface area contributed by atoms with Gasteiger partial charge in [-0.2, -0.15) is 0 Å². The Labute approximate surface area is 112 Å². The predicted octanol–water partition coefficient (Wildman–Crippen LogP) is 3.33. The molecule has 3 N–H and O–H groups in total. The Balaban J connectivity index is 2.68. The second kappa shape index (κ2) is 6.36. The molecule has 1 aromatic heterocycles. The smallest absolute Gasteiger partial charge is 0.126 e. The van der Waals surface area contributed by atoms with Gasteiger partial charge in [-0.15, -0.1) is 0 Å². The quantitative estimate of drug-likeness (QED) is 0.847. The maximum Gasteiger partial charge on any atom is 0.126 e. The van der Waals surface area contributed by atoms with Crippen LogP contribution in [0.5, 0.6) is 0 Å². The molecule has 0 unspecified atom stereocenters. The lowest BCUT2D eigenvalue weighted by molar-refractivity contribution is 0.294. The predicted molar refractivity (Wildman–Crippen MR) is 77.2 cm³/mol. The Morgan fingerprint density at radius 2 is 2.06 bits per heavy atom. The summed E-state index contributed by atoms with van der Waals surface area (Å²) in [5.41, 5.74) is 7.25. The lowest BCUT2D eigenvalue weighted by atomic mass is 9.82. The first kappa shape index (κ1) is 14.5. The Bertz CT molecular complexity index is 353. The molecule has 3 nitrogen and oxygen atoms in total. The Hall–Kier alpha value is -0.610. The highest BCUT2D eigenvalue weighted by atomic mass is 79.9. The van der Waals surface area contributed by atoms with Crippen molar-refractivity contribution >= 4 is 21.7 Å². The molecule has 0 amide bonds. The maximum atomic E-state index is 5.88. The van der Waals surface area contributed by atoms with Crippen molar-refractivity contribution in [1.29, 1.82) is 0 Å². The summed E-state index contributed by atoms with van der Waals surface area (Å²) in [6.45, 7) is 8.04. The molecule has 17 heavy (non-hydrogen) atoms. The van der Waals surface area contributed by atoms with E-state index in [4.69, 9.17) is 5.73 Å². The number of hydrogen-bond acceptors (Lipinski definition) is 3. The number of aryl methyl sites for hydroxylation is 1. The van der Waals surface area contributed by atoms with E-state index in [0.717, 1.165) is 29.7 Å². The third-order valence-corrected chi connectivity index (χ3v) is 4.45. The summed E-state index contributed by atoms with van der Waals surface area (Å²) in [5.74, 6) is 0.922. The van der Waals surface area contributed by atoms with Crippen LogP contribution in [-0.2, 0) is 0 Å². The second-order valence-electron chi connectivity index (χ2n) is 4.58. The second-order valence-corrected chi connectivity index (χ2v) is 5.44. The molecule has 96 valence electrons. The van der Waals surface area contributed by atoms with Gasteiger partial charge in [-0.05, 0) is 59.3 Å². The highest BCUT2D eigenvalue weighted by Gasteiger charge is 2.24. The molecule has 4 heteroatoms. The van der Waals surface area contributed by atoms with Gasteiger partial charge in [0.2, 0.25) is 0 Å². The number of hydrogen-bond donors (Lipinski definition) is 2. The molecule has 0 spiro atoms. The first-order chi connectivity index (χ1) is 8.06. The van der Waals surface area contributed by atoms with Crippen molar-refractivity contribution in [2.75, 3.05) is 18.4 Å². The summed E-state index contributed by atoms with van der Waals surface area (Å²) in [7, 11) is 0. The van der Waals surface area contributed by atoms with Crippen LogP contribution in [0, 0.1) is 12.3 Å². The Kier molecular flexibility index (Phi) is 5.40. The minimum Gasteiger partial charge on any atom is -0.369 e. The maximum absolute atomic E-state index is 5.88. The van der Waals surface area contributed by atoms with Gasteiger partial charge in [-0.3, -0.25) is 0 Å². The molecular formula is C13H22BrN3. The van der Waals surface area contributed by atoms with Crippen molar-refractivity contribution in [1.82, 2.24) is 4.98 Å². The van der Waals surface area contributed by atoms with Crippen LogP contribution in [0.2, 0.25) is 0 Å². The highest BCUT2D eigenvalue weighted by molar-refractivity contribution is 9.10. The van der Waals surface area contributed by atoms with Crippen LogP contribution >= 0.6 is 15.9 Å². The van der Waals surface area contributed by atoms with E-state index in [2.05, 4.69) is 53.1 Å². The van der Waals surface area contributed by atoms with Crippen molar-refractivity contribution in [3.8, 4) is 0 Å². The van der Waals surface area contributed by atoms with Gasteiger partial charge < -0.3 is 11.1 Å².